The van der Waals surface area contributed by atoms with E-state index in [1.807, 2.05) is 33.8 Å². The van der Waals surface area contributed by atoms with Gasteiger partial charge in [-0.15, -0.1) is 0 Å². The van der Waals surface area contributed by atoms with Gasteiger partial charge in [0.1, 0.15) is 30.0 Å². The zero-order valence-corrected chi connectivity index (χ0v) is 22.3. The largest absolute Gasteiger partial charge is 0.470 e. The van der Waals surface area contributed by atoms with Crippen molar-refractivity contribution in [2.75, 3.05) is 18.4 Å². The fourth-order valence-corrected chi connectivity index (χ4v) is 5.04. The highest BCUT2D eigenvalue weighted by Crippen LogP contribution is 2.38. The number of nitrogens with two attached hydrogens (primary N) is 1. The molecule has 1 amide bonds. The maximum atomic E-state index is 13.3. The Hall–Kier alpha value is -3.86. The first-order valence-electron chi connectivity index (χ1n) is 13.2. The number of ether oxygens (including phenoxy) is 2. The predicted molar refractivity (Wildman–Crippen MR) is 142 cm³/mol. The maximum absolute atomic E-state index is 13.3. The first kappa shape index (κ1) is 25.4. The molecule has 4 atom stereocenters. The Morgan fingerprint density at radius 2 is 1.92 bits per heavy atom. The molecule has 0 unspecified atom stereocenters. The van der Waals surface area contributed by atoms with Crippen molar-refractivity contribution < 1.29 is 23.5 Å². The number of aromatic nitrogens is 3. The fraction of sp³-hybridized carbons (Fsp3) is 0.464. The summed E-state index contributed by atoms with van der Waals surface area (Å²) < 4.78 is 24.8. The second-order valence-electron chi connectivity index (χ2n) is 11.3. The third kappa shape index (κ3) is 4.64. The van der Waals surface area contributed by atoms with E-state index in [0.29, 0.717) is 53.7 Å². The summed E-state index contributed by atoms with van der Waals surface area (Å²) in [5.41, 5.74) is 7.75. The molecule has 0 bridgehead atoms. The van der Waals surface area contributed by atoms with Crippen molar-refractivity contribution in [2.24, 2.45) is 11.7 Å². The molecule has 5 heterocycles. The highest BCUT2D eigenvalue weighted by atomic mass is 19.1. The van der Waals surface area contributed by atoms with Crippen LogP contribution in [-0.4, -0.2) is 63.2 Å². The number of pyridine rings is 3. The number of alkyl halides is 1. The lowest BCUT2D eigenvalue weighted by Gasteiger charge is -2.39. The summed E-state index contributed by atoms with van der Waals surface area (Å²) in [4.78, 5) is 39.9. The minimum atomic E-state index is -1.01. The molecule has 11 heteroatoms. The van der Waals surface area contributed by atoms with Crippen molar-refractivity contribution in [3.8, 4) is 5.88 Å². The van der Waals surface area contributed by atoms with Gasteiger partial charge in [0.2, 0.25) is 11.8 Å². The van der Waals surface area contributed by atoms with Gasteiger partial charge in [0.15, 0.2) is 0 Å². The zero-order valence-electron chi connectivity index (χ0n) is 22.3. The van der Waals surface area contributed by atoms with E-state index in [2.05, 4.69) is 15.3 Å². The molecule has 204 valence electrons. The number of anilines is 2. The first-order chi connectivity index (χ1) is 18.5. The topological polar surface area (TPSA) is 133 Å². The van der Waals surface area contributed by atoms with Crippen LogP contribution < -0.4 is 15.8 Å². The number of carbonyl (C=O) groups excluding carboxylic acids is 2. The van der Waals surface area contributed by atoms with Crippen molar-refractivity contribution in [2.45, 2.75) is 64.0 Å². The number of hydrogen-bond acceptors (Lipinski definition) is 9. The number of fused-ring (bicyclic) bond motifs is 2. The number of likely N-dealkylation sites (tertiary alicyclic amines) is 1. The molecule has 2 aliphatic heterocycles. The summed E-state index contributed by atoms with van der Waals surface area (Å²) in [7, 11) is 0. The van der Waals surface area contributed by atoms with E-state index >= 15 is 0 Å². The van der Waals surface area contributed by atoms with E-state index in [1.54, 1.807) is 29.4 Å². The molecule has 1 saturated heterocycles. The van der Waals surface area contributed by atoms with Gasteiger partial charge in [0.25, 0.3) is 0 Å². The molecule has 3 aliphatic rings. The number of cyclic esters (lactones) is 1. The van der Waals surface area contributed by atoms with Crippen LogP contribution in [0, 0.1) is 5.92 Å². The molecule has 39 heavy (non-hydrogen) atoms. The van der Waals surface area contributed by atoms with Gasteiger partial charge in [-0.3, -0.25) is 4.79 Å². The van der Waals surface area contributed by atoms with Crippen LogP contribution in [0.4, 0.5) is 16.0 Å². The Balaban J connectivity index is 1.26. The lowest BCUT2D eigenvalue weighted by Crippen LogP contribution is -2.56. The number of nitrogens with one attached hydrogen (secondary N) is 1. The second kappa shape index (κ2) is 9.11. The number of halogens is 1. The Morgan fingerprint density at radius 1 is 1.18 bits per heavy atom. The van der Waals surface area contributed by atoms with E-state index < -0.39 is 17.6 Å². The molecule has 3 aromatic rings. The normalized spacial score (nSPS) is 24.6. The van der Waals surface area contributed by atoms with E-state index in [1.165, 1.54) is 0 Å². The van der Waals surface area contributed by atoms with Crippen molar-refractivity contribution >= 4 is 34.3 Å². The summed E-state index contributed by atoms with van der Waals surface area (Å²) >= 11 is 0. The second-order valence-corrected chi connectivity index (χ2v) is 11.3. The standard InChI is InChI=1S/C28H31FN6O4/c1-13-14(2)38-27(37)16-5-6-22(34-24(13)16)33-23-8-17-19(9-31-23)25(32-10-20(17)28(3,4)30)39-15-11-35(12-15)26(36)18-7-21(18)29/h5-6,8-10,13-15,18,21H,7,11-12,30H2,1-4H3,(H,31,33,34)/t13-,14-,18+,21+/m0/s1. The molecule has 6 rings (SSSR count). The highest BCUT2D eigenvalue weighted by molar-refractivity contribution is 5.93. The molecule has 3 N–H and O–H groups in total. The fourth-order valence-electron chi connectivity index (χ4n) is 5.04. The number of amides is 1. The van der Waals surface area contributed by atoms with E-state index in [-0.39, 0.29) is 30.0 Å². The van der Waals surface area contributed by atoms with Gasteiger partial charge in [-0.05, 0) is 56.3 Å². The number of esters is 1. The molecular weight excluding hydrogens is 503 g/mol. The molecule has 0 radical (unpaired) electrons. The van der Waals surface area contributed by atoms with Gasteiger partial charge >= 0.3 is 5.97 Å². The number of hydrogen-bond donors (Lipinski definition) is 2. The Bertz CT molecular complexity index is 1480. The van der Waals surface area contributed by atoms with Crippen LogP contribution >= 0.6 is 0 Å². The summed E-state index contributed by atoms with van der Waals surface area (Å²) in [5, 5.41) is 4.75. The molecule has 1 saturated carbocycles. The van der Waals surface area contributed by atoms with Crippen LogP contribution in [0.5, 0.6) is 5.88 Å². The van der Waals surface area contributed by atoms with E-state index in [4.69, 9.17) is 20.2 Å². The van der Waals surface area contributed by atoms with Crippen molar-refractivity contribution in [3.05, 3.63) is 47.4 Å². The van der Waals surface area contributed by atoms with Gasteiger partial charge < -0.3 is 25.4 Å². The lowest BCUT2D eigenvalue weighted by atomic mass is 9.93. The van der Waals surface area contributed by atoms with Gasteiger partial charge in [0.05, 0.1) is 35.7 Å². The number of nitrogens with zero attached hydrogens (tertiary/aromatic N) is 4. The maximum Gasteiger partial charge on any atom is 0.340 e. The molecule has 2 fully saturated rings. The van der Waals surface area contributed by atoms with Crippen LogP contribution in [-0.2, 0) is 15.1 Å². The lowest BCUT2D eigenvalue weighted by molar-refractivity contribution is -0.141. The highest BCUT2D eigenvalue weighted by Gasteiger charge is 2.48. The van der Waals surface area contributed by atoms with Gasteiger partial charge in [-0.2, -0.15) is 0 Å². The van der Waals surface area contributed by atoms with Crippen LogP contribution in [0.1, 0.15) is 61.6 Å². The van der Waals surface area contributed by atoms with E-state index in [9.17, 15) is 14.0 Å². The first-order valence-corrected chi connectivity index (χ1v) is 13.2. The average Bonchev–Trinajstić information content (AvgIpc) is 3.59. The molecular formula is C28H31FN6O4. The number of rotatable bonds is 6. The summed E-state index contributed by atoms with van der Waals surface area (Å²) in [6.07, 6.45) is 2.19. The SMILES string of the molecule is C[C@@H]1OC(=O)c2ccc(Nc3cc4c(C(C)(C)N)cnc(OC5CN(C(=O)[C@@H]6C[C@H]6F)C5)c4cn3)nc2[C@H]1C. The van der Waals surface area contributed by atoms with E-state index in [0.717, 1.165) is 10.9 Å². The summed E-state index contributed by atoms with van der Waals surface area (Å²) in [6.45, 7) is 8.43. The Labute approximate surface area is 225 Å². The van der Waals surface area contributed by atoms with Crippen molar-refractivity contribution in [3.63, 3.8) is 0 Å². The molecule has 0 spiro atoms. The molecule has 10 nitrogen and oxygen atoms in total. The Kier molecular flexibility index (Phi) is 5.94. The van der Waals surface area contributed by atoms with Crippen LogP contribution in [0.15, 0.2) is 30.6 Å². The Morgan fingerprint density at radius 3 is 2.62 bits per heavy atom. The van der Waals surface area contributed by atoms with Gasteiger partial charge in [0, 0.05) is 23.9 Å². The summed E-state index contributed by atoms with van der Waals surface area (Å²) in [5.74, 6) is 0.454. The van der Waals surface area contributed by atoms with Crippen LogP contribution in [0.25, 0.3) is 10.8 Å². The monoisotopic (exact) mass is 534 g/mol. The smallest absolute Gasteiger partial charge is 0.340 e. The van der Waals surface area contributed by atoms with Crippen molar-refractivity contribution in [1.29, 1.82) is 0 Å². The van der Waals surface area contributed by atoms with Crippen LogP contribution in [0.3, 0.4) is 0 Å². The predicted octanol–water partition coefficient (Wildman–Crippen LogP) is 3.57. The molecule has 1 aliphatic carbocycles. The van der Waals surface area contributed by atoms with Crippen molar-refractivity contribution in [1.82, 2.24) is 19.9 Å². The minimum Gasteiger partial charge on any atom is -0.470 e. The van der Waals surface area contributed by atoms with Gasteiger partial charge in [-0.25, -0.2) is 24.1 Å². The quantitative estimate of drug-likeness (QED) is 0.455. The van der Waals surface area contributed by atoms with Crippen LogP contribution in [0.2, 0.25) is 0 Å². The average molecular weight is 535 g/mol. The third-order valence-corrected chi connectivity index (χ3v) is 7.73. The molecule has 3 aromatic heterocycles. The third-order valence-electron chi connectivity index (χ3n) is 7.73. The number of carbonyl (C=O) groups is 2. The molecule has 0 aromatic carbocycles. The summed E-state index contributed by atoms with van der Waals surface area (Å²) in [6, 6.07) is 5.31. The minimum absolute atomic E-state index is 0.0418. The van der Waals surface area contributed by atoms with Gasteiger partial charge in [-0.1, -0.05) is 6.92 Å². The zero-order chi connectivity index (χ0) is 27.6.